The number of ether oxygens (including phenoxy) is 1. The van der Waals surface area contributed by atoms with E-state index < -0.39 is 17.4 Å². The molecule has 34 heavy (non-hydrogen) atoms. The monoisotopic (exact) mass is 507 g/mol. The van der Waals surface area contributed by atoms with Crippen molar-refractivity contribution in [2.24, 2.45) is 5.92 Å². The van der Waals surface area contributed by atoms with E-state index >= 15 is 0 Å². The van der Waals surface area contributed by atoms with Crippen LogP contribution in [0.3, 0.4) is 0 Å². The molecule has 0 spiro atoms. The van der Waals surface area contributed by atoms with E-state index in [9.17, 15) is 15.0 Å². The molecular weight excluding hydrogens is 478 g/mol. The van der Waals surface area contributed by atoms with Crippen molar-refractivity contribution in [3.8, 4) is 0 Å². The topological polar surface area (TPSA) is 113 Å². The lowest BCUT2D eigenvalue weighted by Gasteiger charge is -2.35. The Morgan fingerprint density at radius 1 is 1.15 bits per heavy atom. The van der Waals surface area contributed by atoms with Crippen LogP contribution in [-0.4, -0.2) is 61.5 Å². The van der Waals surface area contributed by atoms with E-state index in [4.69, 9.17) is 16.3 Å². The molecule has 2 aromatic heterocycles. The molecule has 3 aliphatic rings. The zero-order valence-corrected chi connectivity index (χ0v) is 20.5. The van der Waals surface area contributed by atoms with Crippen molar-refractivity contribution in [3.63, 3.8) is 0 Å². The zero-order valence-electron chi connectivity index (χ0n) is 18.9. The summed E-state index contributed by atoms with van der Waals surface area (Å²) in [6.45, 7) is 2.42. The SMILES string of the molecule is O=c1c(Cl)c(NC(O)(O)C2CCCOC2)cnn1C1CCN(Sc2ccc(C3CC3)cn2)CC1. The Bertz CT molecular complexity index is 1050. The third kappa shape index (κ3) is 5.42. The molecular formula is C23H30ClN5O4S. The molecule has 4 heterocycles. The molecule has 9 nitrogen and oxygen atoms in total. The quantitative estimate of drug-likeness (QED) is 0.384. The van der Waals surface area contributed by atoms with Gasteiger partial charge in [0.2, 0.25) is 5.91 Å². The van der Waals surface area contributed by atoms with Crippen molar-refractivity contribution >= 4 is 29.2 Å². The summed E-state index contributed by atoms with van der Waals surface area (Å²) in [5.74, 6) is -2.06. The number of hydrogen-bond acceptors (Lipinski definition) is 9. The van der Waals surface area contributed by atoms with Crippen LogP contribution in [0.2, 0.25) is 5.02 Å². The van der Waals surface area contributed by atoms with Gasteiger partial charge < -0.3 is 20.3 Å². The fourth-order valence-corrected chi connectivity index (χ4v) is 5.63. The first-order chi connectivity index (χ1) is 16.4. The number of hydrogen-bond donors (Lipinski definition) is 3. The molecule has 0 bridgehead atoms. The van der Waals surface area contributed by atoms with Crippen LogP contribution >= 0.6 is 23.5 Å². The van der Waals surface area contributed by atoms with Crippen LogP contribution in [0.4, 0.5) is 5.69 Å². The van der Waals surface area contributed by atoms with Gasteiger partial charge >= 0.3 is 0 Å². The summed E-state index contributed by atoms with van der Waals surface area (Å²) >= 11 is 7.97. The zero-order chi connectivity index (χ0) is 23.7. The number of nitrogens with one attached hydrogen (secondary N) is 1. The summed E-state index contributed by atoms with van der Waals surface area (Å²) in [4.78, 5) is 17.5. The van der Waals surface area contributed by atoms with Gasteiger partial charge in [0, 0.05) is 25.9 Å². The Labute approximate surface area is 207 Å². The standard InChI is InChI=1S/C23H30ClN5O4S/c24-21-19(27-23(31,32)17-2-1-11-33-14-17)13-26-29(22(21)30)18-7-9-28(10-8-18)34-20-6-5-16(12-25-20)15-3-4-15/h5-6,12-13,15,17-18,27,31-32H,1-4,7-11,14H2. The largest absolute Gasteiger partial charge is 0.381 e. The van der Waals surface area contributed by atoms with Crippen molar-refractivity contribution in [2.45, 2.75) is 61.4 Å². The van der Waals surface area contributed by atoms with Crippen molar-refractivity contribution in [1.82, 2.24) is 19.1 Å². The molecule has 5 rings (SSSR count). The van der Waals surface area contributed by atoms with Crippen molar-refractivity contribution in [2.75, 3.05) is 31.6 Å². The van der Waals surface area contributed by atoms with Crippen LogP contribution in [0, 0.1) is 5.92 Å². The third-order valence-corrected chi connectivity index (χ3v) is 8.21. The van der Waals surface area contributed by atoms with Gasteiger partial charge in [-0.25, -0.2) is 14.0 Å². The third-order valence-electron chi connectivity index (χ3n) is 6.79. The van der Waals surface area contributed by atoms with Crippen molar-refractivity contribution in [3.05, 3.63) is 45.5 Å². The summed E-state index contributed by atoms with van der Waals surface area (Å²) in [5, 5.41) is 28.7. The fraction of sp³-hybridized carbons (Fsp3) is 0.609. The summed E-state index contributed by atoms with van der Waals surface area (Å²) in [6.07, 6.45) is 8.77. The molecule has 184 valence electrons. The molecule has 2 aliphatic heterocycles. The highest BCUT2D eigenvalue weighted by molar-refractivity contribution is 7.97. The van der Waals surface area contributed by atoms with Gasteiger partial charge in [-0.05, 0) is 68.0 Å². The highest BCUT2D eigenvalue weighted by Gasteiger charge is 2.37. The van der Waals surface area contributed by atoms with E-state index in [1.807, 2.05) is 6.20 Å². The molecule has 1 unspecified atom stereocenters. The highest BCUT2D eigenvalue weighted by atomic mass is 35.5. The molecule has 3 fully saturated rings. The Morgan fingerprint density at radius 2 is 1.94 bits per heavy atom. The number of nitrogens with zero attached hydrogens (tertiary/aromatic N) is 4. The minimum atomic E-state index is -2.24. The second-order valence-corrected chi connectivity index (χ2v) is 10.8. The predicted molar refractivity (Wildman–Crippen MR) is 130 cm³/mol. The molecule has 0 radical (unpaired) electrons. The van der Waals surface area contributed by atoms with Gasteiger partial charge in [0.25, 0.3) is 5.56 Å². The van der Waals surface area contributed by atoms with Gasteiger partial charge in [-0.3, -0.25) is 4.79 Å². The second-order valence-electron chi connectivity index (χ2n) is 9.34. The number of pyridine rings is 1. The number of aliphatic hydroxyl groups is 2. The molecule has 2 saturated heterocycles. The van der Waals surface area contributed by atoms with Crippen LogP contribution in [0.1, 0.15) is 56.0 Å². The number of aromatic nitrogens is 3. The number of piperidine rings is 1. The van der Waals surface area contributed by atoms with Crippen LogP contribution in [0.25, 0.3) is 0 Å². The van der Waals surface area contributed by atoms with E-state index in [2.05, 4.69) is 31.8 Å². The van der Waals surface area contributed by atoms with Gasteiger partial charge in [-0.1, -0.05) is 17.7 Å². The molecule has 1 saturated carbocycles. The maximum Gasteiger partial charge on any atom is 0.287 e. The summed E-state index contributed by atoms with van der Waals surface area (Å²) in [7, 11) is 0. The van der Waals surface area contributed by atoms with Crippen molar-refractivity contribution in [1.29, 1.82) is 0 Å². The molecule has 11 heteroatoms. The average molecular weight is 508 g/mol. The fourth-order valence-electron chi connectivity index (χ4n) is 4.56. The number of rotatable bonds is 7. The Hall–Kier alpha value is -1.69. The first-order valence-corrected chi connectivity index (χ1v) is 13.0. The summed E-state index contributed by atoms with van der Waals surface area (Å²) in [6, 6.07) is 4.19. The molecule has 1 atom stereocenters. The lowest BCUT2D eigenvalue weighted by atomic mass is 9.98. The van der Waals surface area contributed by atoms with E-state index in [-0.39, 0.29) is 23.4 Å². The first kappa shape index (κ1) is 24.0. The minimum absolute atomic E-state index is 0.0687. The molecule has 1 aliphatic carbocycles. The number of halogens is 1. The normalized spacial score (nSPS) is 22.6. The Kier molecular flexibility index (Phi) is 7.15. The minimum Gasteiger partial charge on any atom is -0.381 e. The maximum atomic E-state index is 12.9. The van der Waals surface area contributed by atoms with Crippen LogP contribution in [0.15, 0.2) is 34.3 Å². The van der Waals surface area contributed by atoms with E-state index in [1.54, 1.807) is 11.9 Å². The maximum absolute atomic E-state index is 12.9. The van der Waals surface area contributed by atoms with Gasteiger partial charge in [0.05, 0.1) is 30.5 Å². The Balaban J connectivity index is 1.19. The van der Waals surface area contributed by atoms with E-state index in [0.717, 1.165) is 37.4 Å². The van der Waals surface area contributed by atoms with Crippen LogP contribution in [0.5, 0.6) is 0 Å². The van der Waals surface area contributed by atoms with Gasteiger partial charge in [0.1, 0.15) is 10.0 Å². The van der Waals surface area contributed by atoms with Gasteiger partial charge in [-0.15, -0.1) is 0 Å². The van der Waals surface area contributed by atoms with Crippen LogP contribution < -0.4 is 10.9 Å². The second kappa shape index (κ2) is 10.1. The van der Waals surface area contributed by atoms with E-state index in [1.165, 1.54) is 29.3 Å². The summed E-state index contributed by atoms with van der Waals surface area (Å²) < 4.78 is 9.01. The lowest BCUT2D eigenvalue weighted by molar-refractivity contribution is -0.199. The lowest BCUT2D eigenvalue weighted by Crippen LogP contribution is -2.49. The Morgan fingerprint density at radius 3 is 2.59 bits per heavy atom. The number of anilines is 1. The summed E-state index contributed by atoms with van der Waals surface area (Å²) in [5.41, 5.74) is 0.994. The molecule has 0 aromatic carbocycles. The average Bonchev–Trinajstić information content (AvgIpc) is 3.70. The highest BCUT2D eigenvalue weighted by Crippen LogP contribution is 2.40. The molecule has 0 amide bonds. The van der Waals surface area contributed by atoms with Crippen LogP contribution in [-0.2, 0) is 4.74 Å². The van der Waals surface area contributed by atoms with Gasteiger partial charge in [0.15, 0.2) is 0 Å². The van der Waals surface area contributed by atoms with Crippen molar-refractivity contribution < 1.29 is 14.9 Å². The molecule has 2 aromatic rings. The predicted octanol–water partition coefficient (Wildman–Crippen LogP) is 2.99. The smallest absolute Gasteiger partial charge is 0.287 e. The van der Waals surface area contributed by atoms with Gasteiger partial charge in [-0.2, -0.15) is 5.10 Å². The first-order valence-electron chi connectivity index (χ1n) is 11.9. The molecule has 3 N–H and O–H groups in total. The van der Waals surface area contributed by atoms with E-state index in [0.29, 0.717) is 18.9 Å².